The van der Waals surface area contributed by atoms with Gasteiger partial charge in [-0.15, -0.1) is 0 Å². The van der Waals surface area contributed by atoms with Gasteiger partial charge in [0.05, 0.1) is 13.2 Å². The SMILES string of the molecule is COc1cccc(NC(=S)NC[C@H](c2ccccc2Cl)N(C)C)c1. The van der Waals surface area contributed by atoms with Crippen molar-refractivity contribution in [2.45, 2.75) is 6.04 Å². The molecule has 4 nitrogen and oxygen atoms in total. The fraction of sp³-hybridized carbons (Fsp3) is 0.278. The van der Waals surface area contributed by atoms with Gasteiger partial charge in [-0.25, -0.2) is 0 Å². The van der Waals surface area contributed by atoms with Gasteiger partial charge in [0.15, 0.2) is 5.11 Å². The lowest BCUT2D eigenvalue weighted by molar-refractivity contribution is 0.299. The van der Waals surface area contributed by atoms with Crippen molar-refractivity contribution >= 4 is 34.6 Å². The van der Waals surface area contributed by atoms with Gasteiger partial charge in [-0.2, -0.15) is 0 Å². The molecule has 2 aromatic rings. The number of rotatable bonds is 6. The summed E-state index contributed by atoms with van der Waals surface area (Å²) in [4.78, 5) is 2.11. The first kappa shape index (κ1) is 18.5. The number of thiocarbonyl (C=S) groups is 1. The molecule has 0 amide bonds. The molecule has 0 heterocycles. The summed E-state index contributed by atoms with van der Waals surface area (Å²) in [6.45, 7) is 0.645. The van der Waals surface area contributed by atoms with E-state index in [9.17, 15) is 0 Å². The largest absolute Gasteiger partial charge is 0.497 e. The van der Waals surface area contributed by atoms with Crippen LogP contribution in [0.1, 0.15) is 11.6 Å². The fourth-order valence-electron chi connectivity index (χ4n) is 2.38. The van der Waals surface area contributed by atoms with Gasteiger partial charge in [-0.05, 0) is 50.1 Å². The van der Waals surface area contributed by atoms with Gasteiger partial charge in [0, 0.05) is 23.3 Å². The summed E-state index contributed by atoms with van der Waals surface area (Å²) in [6.07, 6.45) is 0. The van der Waals surface area contributed by atoms with Crippen LogP contribution in [0.25, 0.3) is 0 Å². The molecule has 0 unspecified atom stereocenters. The number of nitrogens with one attached hydrogen (secondary N) is 2. The highest BCUT2D eigenvalue weighted by atomic mass is 35.5. The van der Waals surface area contributed by atoms with Crippen LogP contribution >= 0.6 is 23.8 Å². The Bertz CT molecular complexity index is 693. The Balaban J connectivity index is 1.99. The molecule has 0 saturated heterocycles. The van der Waals surface area contributed by atoms with Crippen LogP contribution in [-0.2, 0) is 0 Å². The second-order valence-electron chi connectivity index (χ2n) is 5.57. The molecule has 0 spiro atoms. The van der Waals surface area contributed by atoms with Crippen molar-refractivity contribution in [3.05, 3.63) is 59.1 Å². The zero-order chi connectivity index (χ0) is 17.5. The van der Waals surface area contributed by atoms with Crippen molar-refractivity contribution < 1.29 is 4.74 Å². The molecule has 128 valence electrons. The molecule has 0 fully saturated rings. The van der Waals surface area contributed by atoms with Gasteiger partial charge in [0.1, 0.15) is 5.75 Å². The Morgan fingerprint density at radius 3 is 2.62 bits per heavy atom. The van der Waals surface area contributed by atoms with Crippen molar-refractivity contribution in [2.75, 3.05) is 33.1 Å². The average molecular weight is 364 g/mol. The number of nitrogens with zero attached hydrogens (tertiary/aromatic N) is 1. The Kier molecular flexibility index (Phi) is 6.85. The smallest absolute Gasteiger partial charge is 0.170 e. The lowest BCUT2D eigenvalue weighted by Crippen LogP contribution is -2.36. The second-order valence-corrected chi connectivity index (χ2v) is 6.38. The third kappa shape index (κ3) is 5.09. The molecule has 0 saturated carbocycles. The molecular weight excluding hydrogens is 342 g/mol. The summed E-state index contributed by atoms with van der Waals surface area (Å²) in [6, 6.07) is 15.6. The number of hydrogen-bond donors (Lipinski definition) is 2. The second kappa shape index (κ2) is 8.87. The van der Waals surface area contributed by atoms with E-state index >= 15 is 0 Å². The molecule has 24 heavy (non-hydrogen) atoms. The molecule has 2 N–H and O–H groups in total. The first-order valence-corrected chi connectivity index (χ1v) is 8.39. The van der Waals surface area contributed by atoms with E-state index in [1.54, 1.807) is 7.11 Å². The highest BCUT2D eigenvalue weighted by Gasteiger charge is 2.17. The lowest BCUT2D eigenvalue weighted by Gasteiger charge is -2.26. The van der Waals surface area contributed by atoms with E-state index in [0.29, 0.717) is 11.7 Å². The minimum atomic E-state index is 0.115. The zero-order valence-electron chi connectivity index (χ0n) is 14.0. The van der Waals surface area contributed by atoms with Crippen LogP contribution in [0.15, 0.2) is 48.5 Å². The van der Waals surface area contributed by atoms with Crippen LogP contribution < -0.4 is 15.4 Å². The van der Waals surface area contributed by atoms with Gasteiger partial charge in [0.2, 0.25) is 0 Å². The first-order valence-electron chi connectivity index (χ1n) is 7.61. The minimum Gasteiger partial charge on any atom is -0.497 e. The van der Waals surface area contributed by atoms with Gasteiger partial charge >= 0.3 is 0 Å². The van der Waals surface area contributed by atoms with E-state index in [-0.39, 0.29) is 6.04 Å². The van der Waals surface area contributed by atoms with Crippen molar-refractivity contribution in [1.82, 2.24) is 10.2 Å². The van der Waals surface area contributed by atoms with Gasteiger partial charge in [-0.3, -0.25) is 0 Å². The number of likely N-dealkylation sites (N-methyl/N-ethyl adjacent to an activating group) is 1. The molecular formula is C18H22ClN3OS. The number of ether oxygens (including phenoxy) is 1. The number of halogens is 1. The average Bonchev–Trinajstić information content (AvgIpc) is 2.56. The Morgan fingerprint density at radius 2 is 1.96 bits per heavy atom. The van der Waals surface area contributed by atoms with Gasteiger partial charge in [0.25, 0.3) is 0 Å². The molecule has 0 aromatic heterocycles. The summed E-state index contributed by atoms with van der Waals surface area (Å²) in [7, 11) is 5.68. The van der Waals surface area contributed by atoms with E-state index in [0.717, 1.165) is 22.0 Å². The lowest BCUT2D eigenvalue weighted by atomic mass is 10.1. The van der Waals surface area contributed by atoms with E-state index in [1.165, 1.54) is 0 Å². The third-order valence-corrected chi connectivity index (χ3v) is 4.26. The van der Waals surface area contributed by atoms with Crippen molar-refractivity contribution in [2.24, 2.45) is 0 Å². The summed E-state index contributed by atoms with van der Waals surface area (Å²) < 4.78 is 5.21. The fourth-order valence-corrected chi connectivity index (χ4v) is 2.84. The minimum absolute atomic E-state index is 0.115. The quantitative estimate of drug-likeness (QED) is 0.760. The summed E-state index contributed by atoms with van der Waals surface area (Å²) >= 11 is 11.7. The van der Waals surface area contributed by atoms with E-state index in [4.69, 9.17) is 28.6 Å². The number of hydrogen-bond acceptors (Lipinski definition) is 3. The van der Waals surface area contributed by atoms with Gasteiger partial charge in [-0.1, -0.05) is 35.9 Å². The van der Waals surface area contributed by atoms with Crippen molar-refractivity contribution in [1.29, 1.82) is 0 Å². The topological polar surface area (TPSA) is 36.5 Å². The van der Waals surface area contributed by atoms with Crippen LogP contribution in [0.4, 0.5) is 5.69 Å². The maximum atomic E-state index is 6.32. The van der Waals surface area contributed by atoms with E-state index in [2.05, 4.69) is 15.5 Å². The van der Waals surface area contributed by atoms with Crippen LogP contribution in [0.2, 0.25) is 5.02 Å². The highest BCUT2D eigenvalue weighted by molar-refractivity contribution is 7.80. The van der Waals surface area contributed by atoms with Crippen LogP contribution in [0, 0.1) is 0 Å². The molecule has 0 aliphatic carbocycles. The summed E-state index contributed by atoms with van der Waals surface area (Å²) in [5, 5.41) is 7.73. The molecule has 0 bridgehead atoms. The Labute approximate surface area is 153 Å². The molecule has 2 rings (SSSR count). The zero-order valence-corrected chi connectivity index (χ0v) is 15.6. The molecule has 1 atom stereocenters. The number of benzene rings is 2. The first-order chi connectivity index (χ1) is 11.5. The molecule has 6 heteroatoms. The Hall–Kier alpha value is -1.82. The standard InChI is InChI=1S/C18H22ClN3OS/c1-22(2)17(15-9-4-5-10-16(15)19)12-20-18(24)21-13-7-6-8-14(11-13)23-3/h4-11,17H,12H2,1-3H3,(H2,20,21,24)/t17-/m1/s1. The van der Waals surface area contributed by atoms with Crippen molar-refractivity contribution in [3.8, 4) is 5.75 Å². The molecule has 0 aliphatic rings. The van der Waals surface area contributed by atoms with Crippen molar-refractivity contribution in [3.63, 3.8) is 0 Å². The predicted octanol–water partition coefficient (Wildman–Crippen LogP) is 3.94. The van der Waals surface area contributed by atoms with E-state index in [1.807, 2.05) is 62.6 Å². The predicted molar refractivity (Wildman–Crippen MR) is 105 cm³/mol. The maximum Gasteiger partial charge on any atom is 0.170 e. The van der Waals surface area contributed by atoms with Crippen LogP contribution in [-0.4, -0.2) is 37.8 Å². The summed E-state index contributed by atoms with van der Waals surface area (Å²) in [5.74, 6) is 0.782. The normalized spacial score (nSPS) is 11.9. The Morgan fingerprint density at radius 1 is 1.21 bits per heavy atom. The monoisotopic (exact) mass is 363 g/mol. The van der Waals surface area contributed by atoms with Gasteiger partial charge < -0.3 is 20.3 Å². The molecule has 2 aromatic carbocycles. The summed E-state index contributed by atoms with van der Waals surface area (Å²) in [5.41, 5.74) is 1.95. The number of anilines is 1. The van der Waals surface area contributed by atoms with Crippen LogP contribution in [0.3, 0.4) is 0 Å². The van der Waals surface area contributed by atoms with Crippen LogP contribution in [0.5, 0.6) is 5.75 Å². The highest BCUT2D eigenvalue weighted by Crippen LogP contribution is 2.25. The third-order valence-electron chi connectivity index (χ3n) is 3.67. The number of methoxy groups -OCH3 is 1. The maximum absolute atomic E-state index is 6.32. The molecule has 0 radical (unpaired) electrons. The molecule has 0 aliphatic heterocycles. The van der Waals surface area contributed by atoms with E-state index < -0.39 is 0 Å².